The number of ether oxygens (including phenoxy) is 2. The molecular weight excluding hydrogens is 456 g/mol. The van der Waals surface area contributed by atoms with Crippen LogP contribution in [-0.2, 0) is 19.1 Å². The van der Waals surface area contributed by atoms with E-state index in [1.54, 1.807) is 17.0 Å². The molecule has 34 heavy (non-hydrogen) atoms. The largest absolute Gasteiger partial charge is 0.486 e. The molecule has 2 aliphatic heterocycles. The van der Waals surface area contributed by atoms with Crippen LogP contribution < -0.4 is 4.74 Å². The second kappa shape index (κ2) is 8.94. The number of nitrogens with zero attached hydrogens (tertiary/aromatic N) is 2. The normalized spacial score (nSPS) is 18.8. The maximum Gasteiger partial charge on any atom is 0.410 e. The molecule has 0 unspecified atom stereocenters. The van der Waals surface area contributed by atoms with Crippen molar-refractivity contribution in [3.63, 3.8) is 0 Å². The summed E-state index contributed by atoms with van der Waals surface area (Å²) in [6.07, 6.45) is 1.14. The van der Waals surface area contributed by atoms with Gasteiger partial charge in [-0.05, 0) is 52.0 Å². The predicted molar refractivity (Wildman–Crippen MR) is 127 cm³/mol. The molecule has 0 N–H and O–H groups in total. The van der Waals surface area contributed by atoms with Crippen LogP contribution in [0, 0.1) is 6.92 Å². The van der Waals surface area contributed by atoms with Gasteiger partial charge in [0, 0.05) is 37.9 Å². The van der Waals surface area contributed by atoms with Crippen LogP contribution in [0.1, 0.15) is 51.2 Å². The van der Waals surface area contributed by atoms with Crippen molar-refractivity contribution in [1.29, 1.82) is 0 Å². The lowest BCUT2D eigenvalue weighted by Gasteiger charge is -2.44. The summed E-state index contributed by atoms with van der Waals surface area (Å²) in [5, 5.41) is 4.09. The van der Waals surface area contributed by atoms with Crippen molar-refractivity contribution in [3.05, 3.63) is 59.7 Å². The molecule has 2 heterocycles. The van der Waals surface area contributed by atoms with Crippen LogP contribution in [0.25, 0.3) is 0 Å². The highest BCUT2D eigenvalue weighted by Crippen LogP contribution is 2.40. The number of hydrogen-bond donors (Lipinski definition) is 0. The number of amides is 1. The quantitative estimate of drug-likeness (QED) is 0.586. The van der Waals surface area contributed by atoms with E-state index in [1.807, 2.05) is 52.0 Å². The van der Waals surface area contributed by atoms with Crippen LogP contribution in [-0.4, -0.2) is 49.4 Å². The molecule has 0 bridgehead atoms. The number of rotatable bonds is 3. The van der Waals surface area contributed by atoms with E-state index < -0.39 is 21.3 Å². The monoisotopic (exact) mass is 486 g/mol. The van der Waals surface area contributed by atoms with Crippen LogP contribution in [0.3, 0.4) is 0 Å². The Kier molecular flexibility index (Phi) is 6.33. The maximum atomic E-state index is 12.7. The van der Waals surface area contributed by atoms with Gasteiger partial charge in [-0.15, -0.1) is 0 Å². The van der Waals surface area contributed by atoms with Crippen LogP contribution >= 0.6 is 0 Å². The Balaban J connectivity index is 1.54. The summed E-state index contributed by atoms with van der Waals surface area (Å²) >= 11 is 0. The van der Waals surface area contributed by atoms with Gasteiger partial charge in [0.1, 0.15) is 21.8 Å². The van der Waals surface area contributed by atoms with Crippen molar-refractivity contribution >= 4 is 21.9 Å². The van der Waals surface area contributed by atoms with Gasteiger partial charge < -0.3 is 14.4 Å². The summed E-state index contributed by atoms with van der Waals surface area (Å²) in [5.41, 5.74) is 0.975. The number of piperidine rings is 1. The Hall–Kier alpha value is -3.07. The fraction of sp³-hybridized carbons (Fsp3) is 0.440. The number of fused-ring (bicyclic) bond motifs is 1. The lowest BCUT2D eigenvalue weighted by Crippen LogP contribution is -2.53. The van der Waals surface area contributed by atoms with E-state index in [1.165, 1.54) is 12.1 Å². The summed E-state index contributed by atoms with van der Waals surface area (Å²) < 4.78 is 42.4. The molecule has 1 spiro atoms. The van der Waals surface area contributed by atoms with Crippen molar-refractivity contribution in [3.8, 4) is 5.75 Å². The first-order valence-electron chi connectivity index (χ1n) is 11.3. The molecule has 182 valence electrons. The van der Waals surface area contributed by atoms with Gasteiger partial charge in [-0.1, -0.05) is 35.0 Å². The summed E-state index contributed by atoms with van der Waals surface area (Å²) in [6.45, 7) is 8.32. The molecule has 1 amide bonds. The van der Waals surface area contributed by atoms with Crippen LogP contribution in [0.15, 0.2) is 58.6 Å². The standard InChI is InChI=1S/C25H30N2O6S/c1-18-9-11-19(12-10-18)34(29,30)33-26-21-17-25(31-22-8-6-5-7-20(21)22)13-15-27(16-14-25)23(28)32-24(2,3)4/h5-12H,13-17H2,1-4H3/b26-21-. The molecule has 8 nitrogen and oxygen atoms in total. The lowest BCUT2D eigenvalue weighted by molar-refractivity contribution is -0.0169. The fourth-order valence-electron chi connectivity index (χ4n) is 4.09. The second-order valence-electron chi connectivity index (χ2n) is 9.81. The Morgan fingerprint density at radius 2 is 1.71 bits per heavy atom. The van der Waals surface area contributed by atoms with Gasteiger partial charge in [-0.25, -0.2) is 4.79 Å². The van der Waals surface area contributed by atoms with Crippen molar-refractivity contribution < 1.29 is 27.0 Å². The molecule has 0 aliphatic carbocycles. The van der Waals surface area contributed by atoms with Gasteiger partial charge in [0.2, 0.25) is 0 Å². The van der Waals surface area contributed by atoms with Gasteiger partial charge in [-0.2, -0.15) is 8.42 Å². The first-order valence-corrected chi connectivity index (χ1v) is 12.7. The van der Waals surface area contributed by atoms with E-state index in [9.17, 15) is 13.2 Å². The molecule has 2 aromatic rings. The van der Waals surface area contributed by atoms with Crippen LogP contribution in [0.4, 0.5) is 4.79 Å². The minimum absolute atomic E-state index is 0.0446. The average Bonchev–Trinajstić information content (AvgIpc) is 2.77. The van der Waals surface area contributed by atoms with Gasteiger partial charge >= 0.3 is 16.2 Å². The molecule has 9 heteroatoms. The summed E-state index contributed by atoms with van der Waals surface area (Å²) in [4.78, 5) is 14.2. The number of hydrogen-bond acceptors (Lipinski definition) is 7. The van der Waals surface area contributed by atoms with Crippen LogP contribution in [0.2, 0.25) is 0 Å². The first kappa shape index (κ1) is 24.1. The second-order valence-corrected chi connectivity index (χ2v) is 11.3. The highest BCUT2D eigenvalue weighted by Gasteiger charge is 2.43. The Morgan fingerprint density at radius 3 is 2.35 bits per heavy atom. The molecule has 1 fully saturated rings. The van der Waals surface area contributed by atoms with Crippen molar-refractivity contribution in [2.45, 2.75) is 63.1 Å². The van der Waals surface area contributed by atoms with E-state index >= 15 is 0 Å². The number of benzene rings is 2. The minimum atomic E-state index is -4.06. The smallest absolute Gasteiger partial charge is 0.410 e. The molecule has 0 aromatic heterocycles. The zero-order chi connectivity index (χ0) is 24.6. The lowest BCUT2D eigenvalue weighted by atomic mass is 9.82. The Morgan fingerprint density at radius 1 is 1.06 bits per heavy atom. The third kappa shape index (κ3) is 5.35. The third-order valence-corrected chi connectivity index (χ3v) is 7.02. The number of oxime groups is 1. The molecule has 0 atom stereocenters. The van der Waals surface area contributed by atoms with E-state index in [0.717, 1.165) is 5.56 Å². The molecule has 1 saturated heterocycles. The van der Waals surface area contributed by atoms with Gasteiger partial charge in [0.25, 0.3) is 0 Å². The highest BCUT2D eigenvalue weighted by atomic mass is 32.2. The number of carbonyl (C=O) groups excluding carboxylic acids is 1. The van der Waals surface area contributed by atoms with Crippen LogP contribution in [0.5, 0.6) is 5.75 Å². The Bertz CT molecular complexity index is 1190. The maximum absolute atomic E-state index is 12.7. The summed E-state index contributed by atoms with van der Waals surface area (Å²) in [7, 11) is -4.06. The fourth-order valence-corrected chi connectivity index (χ4v) is 4.83. The van der Waals surface area contributed by atoms with Crippen molar-refractivity contribution in [2.24, 2.45) is 5.16 Å². The zero-order valence-electron chi connectivity index (χ0n) is 19.9. The third-order valence-electron chi connectivity index (χ3n) is 5.90. The number of aryl methyl sites for hydroxylation is 1. The van der Waals surface area contributed by atoms with E-state index in [0.29, 0.717) is 49.4 Å². The summed E-state index contributed by atoms with van der Waals surface area (Å²) in [5.74, 6) is 0.620. The number of para-hydroxylation sites is 1. The SMILES string of the molecule is Cc1ccc(S(=O)(=O)O/N=C2/CC3(CCN(C(=O)OC(C)(C)C)CC3)Oc3ccccc32)cc1. The molecule has 2 aromatic carbocycles. The van der Waals surface area contributed by atoms with Gasteiger partial charge in [-0.3, -0.25) is 4.28 Å². The van der Waals surface area contributed by atoms with Crippen molar-refractivity contribution in [1.82, 2.24) is 4.90 Å². The highest BCUT2D eigenvalue weighted by molar-refractivity contribution is 7.86. The summed E-state index contributed by atoms with van der Waals surface area (Å²) in [6, 6.07) is 13.8. The van der Waals surface area contributed by atoms with E-state index in [4.69, 9.17) is 13.8 Å². The van der Waals surface area contributed by atoms with Crippen molar-refractivity contribution in [2.75, 3.05) is 13.1 Å². The average molecular weight is 487 g/mol. The van der Waals surface area contributed by atoms with E-state index in [2.05, 4.69) is 5.16 Å². The Labute approximate surface area is 200 Å². The van der Waals surface area contributed by atoms with Gasteiger partial charge in [0.15, 0.2) is 0 Å². The number of carbonyl (C=O) groups is 1. The molecule has 2 aliphatic rings. The van der Waals surface area contributed by atoms with Gasteiger partial charge in [0.05, 0.1) is 5.71 Å². The molecule has 0 radical (unpaired) electrons. The zero-order valence-corrected chi connectivity index (χ0v) is 20.7. The first-order chi connectivity index (χ1) is 16.0. The molecule has 0 saturated carbocycles. The molecule has 4 rings (SSSR count). The predicted octanol–water partition coefficient (Wildman–Crippen LogP) is 4.66. The topological polar surface area (TPSA) is 94.5 Å². The molecular formula is C25H30N2O6S. The minimum Gasteiger partial charge on any atom is -0.486 e. The van der Waals surface area contributed by atoms with E-state index in [-0.39, 0.29) is 11.0 Å². The number of likely N-dealkylation sites (tertiary alicyclic amines) is 1.